The van der Waals surface area contributed by atoms with E-state index >= 15 is 0 Å². The van der Waals surface area contributed by atoms with Crippen LogP contribution in [0.5, 0.6) is 0 Å². The maximum Gasteiger partial charge on any atom is 0.268 e. The zero-order chi connectivity index (χ0) is 22.1. The number of aromatic nitrogens is 1. The number of carbonyl (C=O) groups excluding carboxylic acids is 3. The van der Waals surface area contributed by atoms with Crippen LogP contribution in [0, 0.1) is 13.8 Å². The van der Waals surface area contributed by atoms with Gasteiger partial charge in [-0.3, -0.25) is 19.3 Å². The maximum absolute atomic E-state index is 12.8. The van der Waals surface area contributed by atoms with Gasteiger partial charge < -0.3 is 9.30 Å². The van der Waals surface area contributed by atoms with Crippen molar-refractivity contribution in [2.75, 3.05) is 19.8 Å². The summed E-state index contributed by atoms with van der Waals surface area (Å²) in [6.07, 6.45) is 0. The van der Waals surface area contributed by atoms with Gasteiger partial charge in [-0.15, -0.1) is 0 Å². The minimum atomic E-state index is -0.542. The van der Waals surface area contributed by atoms with E-state index in [1.807, 2.05) is 25.3 Å². The quantitative estimate of drug-likeness (QED) is 0.438. The van der Waals surface area contributed by atoms with E-state index in [1.54, 1.807) is 24.3 Å². The molecule has 0 bridgehead atoms. The van der Waals surface area contributed by atoms with Crippen LogP contribution in [-0.2, 0) is 16.1 Å². The van der Waals surface area contributed by atoms with Gasteiger partial charge in [0.2, 0.25) is 0 Å². The average molecular weight is 438 g/mol. The first-order valence-corrected chi connectivity index (χ1v) is 10.9. The van der Waals surface area contributed by atoms with Crippen LogP contribution in [0.25, 0.3) is 10.2 Å². The lowest BCUT2D eigenvalue weighted by Gasteiger charge is -2.10. The van der Waals surface area contributed by atoms with E-state index in [0.29, 0.717) is 35.7 Å². The minimum Gasteiger partial charge on any atom is -0.380 e. The van der Waals surface area contributed by atoms with Gasteiger partial charge in [-0.25, -0.2) is 0 Å². The predicted molar refractivity (Wildman–Crippen MR) is 118 cm³/mol. The maximum atomic E-state index is 12.8. The number of thiazole rings is 1. The molecule has 3 amide bonds. The van der Waals surface area contributed by atoms with Crippen molar-refractivity contribution in [1.29, 1.82) is 0 Å². The standard InChI is InChI=1S/C23H23N3O4S/c1-4-30-10-9-25-18-11-14(2)15(3)12-19(18)31-23(25)24-20(27)13-26-21(28)16-7-5-6-8-17(16)22(26)29/h5-8,11-12H,4,9-10,13H2,1-3H3. The molecule has 7 nitrogen and oxygen atoms in total. The van der Waals surface area contributed by atoms with Crippen molar-refractivity contribution in [1.82, 2.24) is 9.47 Å². The van der Waals surface area contributed by atoms with Gasteiger partial charge in [-0.2, -0.15) is 4.99 Å². The number of rotatable bonds is 6. The van der Waals surface area contributed by atoms with Gasteiger partial charge >= 0.3 is 0 Å². The van der Waals surface area contributed by atoms with Crippen LogP contribution >= 0.6 is 11.3 Å². The van der Waals surface area contributed by atoms with Gasteiger partial charge in [0, 0.05) is 13.2 Å². The SMILES string of the molecule is CCOCCn1c(=NC(=O)CN2C(=O)c3ccccc3C2=O)sc2cc(C)c(C)cc21. The molecule has 1 aliphatic heterocycles. The van der Waals surface area contributed by atoms with Crippen molar-refractivity contribution in [2.45, 2.75) is 27.3 Å². The van der Waals surface area contributed by atoms with E-state index in [4.69, 9.17) is 4.74 Å². The fourth-order valence-corrected chi connectivity index (χ4v) is 4.74. The van der Waals surface area contributed by atoms with Crippen LogP contribution in [-0.4, -0.2) is 46.9 Å². The predicted octanol–water partition coefficient (Wildman–Crippen LogP) is 3.08. The van der Waals surface area contributed by atoms with Gasteiger partial charge in [0.05, 0.1) is 28.0 Å². The molecule has 0 radical (unpaired) electrons. The lowest BCUT2D eigenvalue weighted by molar-refractivity contribution is -0.118. The summed E-state index contributed by atoms with van der Waals surface area (Å²) in [5.74, 6) is -1.47. The zero-order valence-corrected chi connectivity index (χ0v) is 18.5. The fraction of sp³-hybridized carbons (Fsp3) is 0.304. The average Bonchev–Trinajstić information content (AvgIpc) is 3.18. The van der Waals surface area contributed by atoms with Gasteiger partial charge in [0.15, 0.2) is 4.80 Å². The number of carbonyl (C=O) groups is 3. The molecule has 4 rings (SSSR count). The Bertz CT molecular complexity index is 1240. The monoisotopic (exact) mass is 437 g/mol. The normalized spacial score (nSPS) is 14.0. The van der Waals surface area contributed by atoms with E-state index in [2.05, 4.69) is 17.1 Å². The van der Waals surface area contributed by atoms with Crippen LogP contribution in [0.3, 0.4) is 0 Å². The highest BCUT2D eigenvalue weighted by atomic mass is 32.1. The Morgan fingerprint density at radius 3 is 2.35 bits per heavy atom. The topological polar surface area (TPSA) is 81.0 Å². The molecule has 1 aromatic heterocycles. The summed E-state index contributed by atoms with van der Waals surface area (Å²) in [6, 6.07) is 10.7. The molecule has 0 atom stereocenters. The summed E-state index contributed by atoms with van der Waals surface area (Å²) < 4.78 is 8.48. The van der Waals surface area contributed by atoms with E-state index in [9.17, 15) is 14.4 Å². The number of fused-ring (bicyclic) bond motifs is 2. The molecule has 31 heavy (non-hydrogen) atoms. The van der Waals surface area contributed by atoms with Crippen molar-refractivity contribution >= 4 is 39.3 Å². The highest BCUT2D eigenvalue weighted by Gasteiger charge is 2.36. The van der Waals surface area contributed by atoms with Gasteiger partial charge in [0.1, 0.15) is 6.54 Å². The Kier molecular flexibility index (Phi) is 5.84. The number of imide groups is 1. The molecule has 0 fully saturated rings. The van der Waals surface area contributed by atoms with Crippen molar-refractivity contribution in [2.24, 2.45) is 4.99 Å². The molecule has 0 saturated carbocycles. The molecule has 2 heterocycles. The molecule has 2 aromatic carbocycles. The number of hydrogen-bond donors (Lipinski definition) is 0. The van der Waals surface area contributed by atoms with Gasteiger partial charge in [-0.05, 0) is 56.2 Å². The second-order valence-electron chi connectivity index (χ2n) is 7.38. The fourth-order valence-electron chi connectivity index (χ4n) is 3.58. The summed E-state index contributed by atoms with van der Waals surface area (Å²) in [7, 11) is 0. The summed E-state index contributed by atoms with van der Waals surface area (Å²) in [5.41, 5.74) is 3.94. The molecule has 1 aliphatic rings. The summed E-state index contributed by atoms with van der Waals surface area (Å²) in [6.45, 7) is 7.29. The highest BCUT2D eigenvalue weighted by molar-refractivity contribution is 7.16. The van der Waals surface area contributed by atoms with E-state index in [0.717, 1.165) is 26.2 Å². The number of aryl methyl sites for hydroxylation is 2. The van der Waals surface area contributed by atoms with Gasteiger partial charge in [-0.1, -0.05) is 23.5 Å². The van der Waals surface area contributed by atoms with Crippen molar-refractivity contribution < 1.29 is 19.1 Å². The van der Waals surface area contributed by atoms with Crippen LogP contribution in [0.15, 0.2) is 41.4 Å². The Labute approximate surface area is 183 Å². The second kappa shape index (κ2) is 8.56. The molecule has 0 saturated heterocycles. The third kappa shape index (κ3) is 3.96. The Hall–Kier alpha value is -3.10. The first-order chi connectivity index (χ1) is 14.9. The van der Waals surface area contributed by atoms with Crippen molar-refractivity contribution in [3.05, 3.63) is 63.5 Å². The van der Waals surface area contributed by atoms with Crippen molar-refractivity contribution in [3.8, 4) is 0 Å². The number of hydrogen-bond acceptors (Lipinski definition) is 5. The number of benzene rings is 2. The van der Waals surface area contributed by atoms with Crippen molar-refractivity contribution in [3.63, 3.8) is 0 Å². The molecule has 0 unspecified atom stereocenters. The molecule has 8 heteroatoms. The molecule has 3 aromatic rings. The Balaban J connectivity index is 1.67. The molecular formula is C23H23N3O4S. The first-order valence-electron chi connectivity index (χ1n) is 10.1. The lowest BCUT2D eigenvalue weighted by atomic mass is 10.1. The van der Waals surface area contributed by atoms with Gasteiger partial charge in [0.25, 0.3) is 17.7 Å². The van der Waals surface area contributed by atoms with Crippen LogP contribution < -0.4 is 4.80 Å². The lowest BCUT2D eigenvalue weighted by Crippen LogP contribution is -2.35. The molecule has 0 aliphatic carbocycles. The minimum absolute atomic E-state index is 0.319. The van der Waals surface area contributed by atoms with E-state index in [-0.39, 0.29) is 6.54 Å². The number of amides is 3. The Morgan fingerprint density at radius 1 is 1.06 bits per heavy atom. The third-order valence-electron chi connectivity index (χ3n) is 5.35. The molecule has 0 N–H and O–H groups in total. The molecular weight excluding hydrogens is 414 g/mol. The summed E-state index contributed by atoms with van der Waals surface area (Å²) in [4.78, 5) is 43.6. The highest BCUT2D eigenvalue weighted by Crippen LogP contribution is 2.23. The van der Waals surface area contributed by atoms with Crippen LogP contribution in [0.1, 0.15) is 38.8 Å². The number of ether oxygens (including phenoxy) is 1. The van der Waals surface area contributed by atoms with E-state index < -0.39 is 17.7 Å². The third-order valence-corrected chi connectivity index (χ3v) is 6.39. The largest absolute Gasteiger partial charge is 0.380 e. The van der Waals surface area contributed by atoms with E-state index in [1.165, 1.54) is 11.3 Å². The van der Waals surface area contributed by atoms with Crippen LogP contribution in [0.4, 0.5) is 0 Å². The Morgan fingerprint density at radius 2 is 1.71 bits per heavy atom. The number of nitrogens with zero attached hydrogens (tertiary/aromatic N) is 3. The molecule has 0 spiro atoms. The molecule has 160 valence electrons. The summed E-state index contributed by atoms with van der Waals surface area (Å²) in [5, 5.41) is 0. The second-order valence-corrected chi connectivity index (χ2v) is 8.39. The zero-order valence-electron chi connectivity index (χ0n) is 17.7. The first kappa shape index (κ1) is 21.1. The smallest absolute Gasteiger partial charge is 0.268 e. The van der Waals surface area contributed by atoms with Crippen LogP contribution in [0.2, 0.25) is 0 Å². The summed E-state index contributed by atoms with van der Waals surface area (Å²) >= 11 is 1.41.